The lowest BCUT2D eigenvalue weighted by atomic mass is 10.1. The molecule has 1 aliphatic heterocycles. The molecule has 0 spiro atoms. The standard InChI is InChI=1S/C20H22N4O2/c1-15(20(26)22-17-8-6-16(14-21)7-9-17)23-10-12-24(13-11-23)18-4-2-3-5-19(18)25/h2-9,15,25H,10-13H2,1H3,(H,22,26)/p+1/t15-/m0/s1. The molecule has 1 saturated heterocycles. The Hall–Kier alpha value is -3.04. The fraction of sp³-hybridized carbons (Fsp3) is 0.300. The number of nitrogens with zero attached hydrogens (tertiary/aromatic N) is 2. The van der Waals surface area contributed by atoms with Gasteiger partial charge in [-0.3, -0.25) is 4.79 Å². The first-order chi connectivity index (χ1) is 12.6. The van der Waals surface area contributed by atoms with Crippen molar-refractivity contribution in [3.8, 4) is 11.8 Å². The van der Waals surface area contributed by atoms with Crippen LogP contribution in [0.25, 0.3) is 0 Å². The molecule has 3 N–H and O–H groups in total. The summed E-state index contributed by atoms with van der Waals surface area (Å²) in [6.07, 6.45) is 0. The van der Waals surface area contributed by atoms with Gasteiger partial charge < -0.3 is 20.2 Å². The molecule has 1 fully saturated rings. The maximum absolute atomic E-state index is 12.5. The predicted octanol–water partition coefficient (Wildman–Crippen LogP) is 0.996. The molecule has 3 rings (SSSR count). The molecule has 0 unspecified atom stereocenters. The van der Waals surface area contributed by atoms with Gasteiger partial charge in [0.05, 0.1) is 43.5 Å². The lowest BCUT2D eigenvalue weighted by Crippen LogP contribution is -3.19. The Kier molecular flexibility index (Phi) is 5.40. The van der Waals surface area contributed by atoms with Gasteiger partial charge in [0.1, 0.15) is 5.75 Å². The molecule has 1 amide bonds. The highest BCUT2D eigenvalue weighted by molar-refractivity contribution is 5.93. The molecule has 0 saturated carbocycles. The largest absolute Gasteiger partial charge is 0.506 e. The lowest BCUT2D eigenvalue weighted by molar-refractivity contribution is -0.914. The summed E-state index contributed by atoms with van der Waals surface area (Å²) in [6, 6.07) is 16.1. The number of benzene rings is 2. The minimum Gasteiger partial charge on any atom is -0.506 e. The molecule has 0 radical (unpaired) electrons. The number of piperazine rings is 1. The first-order valence-electron chi connectivity index (χ1n) is 8.77. The number of hydrogen-bond donors (Lipinski definition) is 3. The first kappa shape index (κ1) is 17.8. The molecule has 1 heterocycles. The van der Waals surface area contributed by atoms with Crippen molar-refractivity contribution < 1.29 is 14.8 Å². The number of phenols is 1. The smallest absolute Gasteiger partial charge is 0.282 e. The summed E-state index contributed by atoms with van der Waals surface area (Å²) < 4.78 is 0. The average molecular weight is 351 g/mol. The summed E-state index contributed by atoms with van der Waals surface area (Å²) in [5.41, 5.74) is 2.12. The van der Waals surface area contributed by atoms with Crippen LogP contribution in [0.4, 0.5) is 11.4 Å². The fourth-order valence-electron chi connectivity index (χ4n) is 3.26. The van der Waals surface area contributed by atoms with Crippen molar-refractivity contribution in [2.45, 2.75) is 13.0 Å². The van der Waals surface area contributed by atoms with Crippen molar-refractivity contribution in [2.24, 2.45) is 0 Å². The molecule has 6 nitrogen and oxygen atoms in total. The number of amides is 1. The predicted molar refractivity (Wildman–Crippen MR) is 100 cm³/mol. The molecular weight excluding hydrogens is 328 g/mol. The zero-order valence-corrected chi connectivity index (χ0v) is 14.8. The summed E-state index contributed by atoms with van der Waals surface area (Å²) in [6.45, 7) is 5.18. The van der Waals surface area contributed by atoms with Gasteiger partial charge in [-0.1, -0.05) is 12.1 Å². The fourth-order valence-corrected chi connectivity index (χ4v) is 3.26. The number of nitrogens with one attached hydrogen (secondary N) is 2. The number of carbonyl (C=O) groups excluding carboxylic acids is 1. The van der Waals surface area contributed by atoms with E-state index >= 15 is 0 Å². The van der Waals surface area contributed by atoms with Crippen LogP contribution in [0, 0.1) is 11.3 Å². The van der Waals surface area contributed by atoms with Crippen LogP contribution in [-0.2, 0) is 4.79 Å². The van der Waals surface area contributed by atoms with Crippen LogP contribution in [-0.4, -0.2) is 43.2 Å². The number of anilines is 2. The number of nitriles is 1. The molecule has 0 aromatic heterocycles. The average Bonchev–Trinajstić information content (AvgIpc) is 2.68. The number of rotatable bonds is 4. The summed E-state index contributed by atoms with van der Waals surface area (Å²) >= 11 is 0. The second-order valence-corrected chi connectivity index (χ2v) is 6.53. The van der Waals surface area contributed by atoms with Crippen LogP contribution in [0.15, 0.2) is 48.5 Å². The molecular formula is C20H23N4O2+. The third kappa shape index (κ3) is 3.95. The monoisotopic (exact) mass is 351 g/mol. The maximum Gasteiger partial charge on any atom is 0.282 e. The van der Waals surface area contributed by atoms with Gasteiger partial charge >= 0.3 is 0 Å². The van der Waals surface area contributed by atoms with E-state index in [9.17, 15) is 9.90 Å². The Morgan fingerprint density at radius 1 is 1.19 bits per heavy atom. The molecule has 1 aliphatic rings. The molecule has 1 atom stereocenters. The Balaban J connectivity index is 1.55. The van der Waals surface area contributed by atoms with E-state index in [1.54, 1.807) is 30.3 Å². The third-order valence-electron chi connectivity index (χ3n) is 4.92. The van der Waals surface area contributed by atoms with Crippen LogP contribution in [0.1, 0.15) is 12.5 Å². The number of quaternary nitrogens is 1. The van der Waals surface area contributed by atoms with Crippen molar-refractivity contribution in [1.29, 1.82) is 5.26 Å². The van der Waals surface area contributed by atoms with Gasteiger partial charge in [-0.15, -0.1) is 0 Å². The van der Waals surface area contributed by atoms with Gasteiger partial charge in [0.15, 0.2) is 6.04 Å². The van der Waals surface area contributed by atoms with E-state index in [1.807, 2.05) is 25.1 Å². The van der Waals surface area contributed by atoms with E-state index in [0.29, 0.717) is 17.0 Å². The van der Waals surface area contributed by atoms with Crippen molar-refractivity contribution in [3.63, 3.8) is 0 Å². The van der Waals surface area contributed by atoms with Crippen molar-refractivity contribution in [3.05, 3.63) is 54.1 Å². The molecule has 26 heavy (non-hydrogen) atoms. The summed E-state index contributed by atoms with van der Waals surface area (Å²) in [4.78, 5) is 15.9. The molecule has 134 valence electrons. The SMILES string of the molecule is C[C@@H](C(=O)Nc1ccc(C#N)cc1)[NH+]1CCN(c2ccccc2O)CC1. The highest BCUT2D eigenvalue weighted by atomic mass is 16.3. The lowest BCUT2D eigenvalue weighted by Gasteiger charge is -2.36. The Morgan fingerprint density at radius 2 is 1.85 bits per heavy atom. The van der Waals surface area contributed by atoms with E-state index < -0.39 is 0 Å². The number of hydrogen-bond acceptors (Lipinski definition) is 4. The number of carbonyl (C=O) groups is 1. The zero-order chi connectivity index (χ0) is 18.5. The number of aromatic hydroxyl groups is 1. The Labute approximate surface area is 153 Å². The van der Waals surface area contributed by atoms with Gasteiger partial charge in [-0.05, 0) is 43.3 Å². The Bertz CT molecular complexity index is 805. The van der Waals surface area contributed by atoms with Crippen molar-refractivity contribution in [1.82, 2.24) is 0 Å². The van der Waals surface area contributed by atoms with Crippen LogP contribution in [0.3, 0.4) is 0 Å². The molecule has 2 aromatic carbocycles. The highest BCUT2D eigenvalue weighted by Gasteiger charge is 2.29. The summed E-state index contributed by atoms with van der Waals surface area (Å²) in [5, 5.41) is 21.7. The van der Waals surface area contributed by atoms with E-state index in [0.717, 1.165) is 31.9 Å². The first-order valence-corrected chi connectivity index (χ1v) is 8.77. The minimum absolute atomic E-state index is 0.0271. The van der Waals surface area contributed by atoms with Gasteiger partial charge in [0.2, 0.25) is 0 Å². The summed E-state index contributed by atoms with van der Waals surface area (Å²) in [5.74, 6) is 0.267. The number of phenolic OH excluding ortho intramolecular Hbond substituents is 1. The van der Waals surface area contributed by atoms with Crippen LogP contribution >= 0.6 is 0 Å². The van der Waals surface area contributed by atoms with Crippen LogP contribution in [0.5, 0.6) is 5.75 Å². The minimum atomic E-state index is -0.169. The molecule has 0 bridgehead atoms. The molecule has 6 heteroatoms. The van der Waals surface area contributed by atoms with Gasteiger partial charge in [0, 0.05) is 5.69 Å². The maximum atomic E-state index is 12.5. The van der Waals surface area contributed by atoms with Crippen LogP contribution < -0.4 is 15.1 Å². The van der Waals surface area contributed by atoms with Crippen molar-refractivity contribution >= 4 is 17.3 Å². The topological polar surface area (TPSA) is 80.8 Å². The second-order valence-electron chi connectivity index (χ2n) is 6.53. The van der Waals surface area contributed by atoms with E-state index in [1.165, 1.54) is 4.90 Å². The quantitative estimate of drug-likeness (QED) is 0.768. The van der Waals surface area contributed by atoms with Gasteiger partial charge in [0.25, 0.3) is 5.91 Å². The second kappa shape index (κ2) is 7.89. The van der Waals surface area contributed by atoms with E-state index in [2.05, 4.69) is 16.3 Å². The Morgan fingerprint density at radius 3 is 2.46 bits per heavy atom. The van der Waals surface area contributed by atoms with Crippen LogP contribution in [0.2, 0.25) is 0 Å². The summed E-state index contributed by atoms with van der Waals surface area (Å²) in [7, 11) is 0. The zero-order valence-electron chi connectivity index (χ0n) is 14.8. The third-order valence-corrected chi connectivity index (χ3v) is 4.92. The van der Waals surface area contributed by atoms with Gasteiger partial charge in [-0.25, -0.2) is 0 Å². The normalized spacial score (nSPS) is 15.9. The highest BCUT2D eigenvalue weighted by Crippen LogP contribution is 2.26. The molecule has 2 aromatic rings. The van der Waals surface area contributed by atoms with E-state index in [4.69, 9.17) is 5.26 Å². The van der Waals surface area contributed by atoms with Crippen molar-refractivity contribution in [2.75, 3.05) is 36.4 Å². The number of para-hydroxylation sites is 2. The van der Waals surface area contributed by atoms with E-state index in [-0.39, 0.29) is 11.9 Å². The molecule has 0 aliphatic carbocycles. The van der Waals surface area contributed by atoms with Gasteiger partial charge in [-0.2, -0.15) is 5.26 Å².